The van der Waals surface area contributed by atoms with Gasteiger partial charge < -0.3 is 13.3 Å². The normalized spacial score (nSPS) is 12.0. The Bertz CT molecular complexity index is 741. The zero-order valence-corrected chi connectivity index (χ0v) is 21.1. The van der Waals surface area contributed by atoms with E-state index in [1.165, 1.54) is 56.9 Å². The molecule has 176 valence electrons. The van der Waals surface area contributed by atoms with Crippen molar-refractivity contribution in [1.29, 1.82) is 0 Å². The van der Waals surface area contributed by atoms with Crippen LogP contribution in [0.25, 0.3) is 0 Å². The van der Waals surface area contributed by atoms with E-state index in [4.69, 9.17) is 13.3 Å². The second kappa shape index (κ2) is 15.9. The molecule has 0 aromatic heterocycles. The summed E-state index contributed by atoms with van der Waals surface area (Å²) in [5, 5.41) is 8.57. The average molecular weight is 457 g/mol. The number of aryl methyl sites for hydroxylation is 1. The van der Waals surface area contributed by atoms with E-state index in [1.807, 2.05) is 30.3 Å². The lowest BCUT2D eigenvalue weighted by Gasteiger charge is -2.24. The van der Waals surface area contributed by atoms with Crippen molar-refractivity contribution in [2.24, 2.45) is 10.2 Å². The summed E-state index contributed by atoms with van der Waals surface area (Å²) in [5.74, 6) is 0. The van der Waals surface area contributed by atoms with E-state index in [-0.39, 0.29) is 0 Å². The highest BCUT2D eigenvalue weighted by atomic mass is 28.4. The molecule has 0 N–H and O–H groups in total. The third kappa shape index (κ3) is 10.2. The van der Waals surface area contributed by atoms with E-state index >= 15 is 0 Å². The first-order chi connectivity index (χ1) is 15.7. The Hall–Kier alpha value is -1.86. The number of rotatable bonds is 17. The maximum atomic E-state index is 5.47. The van der Waals surface area contributed by atoms with Gasteiger partial charge in [-0.2, -0.15) is 10.2 Å². The van der Waals surface area contributed by atoms with Gasteiger partial charge in [0.2, 0.25) is 0 Å². The molecule has 0 amide bonds. The molecule has 0 spiro atoms. The average Bonchev–Trinajstić information content (AvgIpc) is 2.85. The van der Waals surface area contributed by atoms with Crippen molar-refractivity contribution in [1.82, 2.24) is 0 Å². The van der Waals surface area contributed by atoms with Crippen molar-refractivity contribution in [3.05, 3.63) is 60.2 Å². The summed E-state index contributed by atoms with van der Waals surface area (Å²) in [6.45, 7) is 0. The van der Waals surface area contributed by atoms with E-state index in [0.717, 1.165) is 30.3 Å². The van der Waals surface area contributed by atoms with Crippen LogP contribution in [0.5, 0.6) is 0 Å². The lowest BCUT2D eigenvalue weighted by atomic mass is 10.0. The highest BCUT2D eigenvalue weighted by Crippen LogP contribution is 2.20. The summed E-state index contributed by atoms with van der Waals surface area (Å²) < 4.78 is 16.4. The topological polar surface area (TPSA) is 52.4 Å². The monoisotopic (exact) mass is 456 g/mol. The van der Waals surface area contributed by atoms with E-state index < -0.39 is 8.80 Å². The molecular weight excluding hydrogens is 416 g/mol. The summed E-state index contributed by atoms with van der Waals surface area (Å²) in [5.41, 5.74) is 3.16. The maximum Gasteiger partial charge on any atom is 0.500 e. The van der Waals surface area contributed by atoms with Crippen LogP contribution in [-0.4, -0.2) is 30.1 Å². The zero-order valence-electron chi connectivity index (χ0n) is 20.1. The van der Waals surface area contributed by atoms with Gasteiger partial charge in [0.25, 0.3) is 0 Å². The minimum Gasteiger partial charge on any atom is -0.377 e. The van der Waals surface area contributed by atoms with Crippen LogP contribution in [0.15, 0.2) is 64.8 Å². The van der Waals surface area contributed by atoms with Crippen molar-refractivity contribution in [2.45, 2.75) is 70.3 Å². The van der Waals surface area contributed by atoms with Gasteiger partial charge in [0.15, 0.2) is 0 Å². The van der Waals surface area contributed by atoms with Crippen LogP contribution < -0.4 is 0 Å². The summed E-state index contributed by atoms with van der Waals surface area (Å²) in [6, 6.07) is 19.2. The van der Waals surface area contributed by atoms with Crippen LogP contribution in [0.2, 0.25) is 6.04 Å². The molecule has 2 aromatic rings. The van der Waals surface area contributed by atoms with Gasteiger partial charge in [-0.3, -0.25) is 0 Å². The van der Waals surface area contributed by atoms with Gasteiger partial charge in [0.1, 0.15) is 0 Å². The Morgan fingerprint density at radius 3 is 1.56 bits per heavy atom. The smallest absolute Gasteiger partial charge is 0.377 e. The van der Waals surface area contributed by atoms with Gasteiger partial charge in [-0.15, -0.1) is 0 Å². The van der Waals surface area contributed by atoms with Crippen molar-refractivity contribution in [2.75, 3.05) is 21.3 Å². The Balaban J connectivity index is 1.48. The fourth-order valence-corrected chi connectivity index (χ4v) is 5.60. The predicted molar refractivity (Wildman–Crippen MR) is 134 cm³/mol. The minimum absolute atomic E-state index is 0.878. The molecule has 0 radical (unpaired) electrons. The minimum atomic E-state index is -2.37. The number of hydrogen-bond donors (Lipinski definition) is 0. The Morgan fingerprint density at radius 1 is 0.562 bits per heavy atom. The molecule has 2 aromatic carbocycles. The lowest BCUT2D eigenvalue weighted by Crippen LogP contribution is -2.42. The molecular formula is C26H40N2O3Si. The lowest BCUT2D eigenvalue weighted by molar-refractivity contribution is 0.122. The Labute approximate surface area is 195 Å². The van der Waals surface area contributed by atoms with Crippen molar-refractivity contribution >= 4 is 20.2 Å². The molecule has 0 atom stereocenters. The van der Waals surface area contributed by atoms with Crippen molar-refractivity contribution in [3.63, 3.8) is 0 Å². The summed E-state index contributed by atoms with van der Waals surface area (Å²) in [7, 11) is 2.70. The van der Waals surface area contributed by atoms with Gasteiger partial charge >= 0.3 is 8.80 Å². The molecule has 5 nitrogen and oxygen atoms in total. The molecule has 0 saturated carbocycles. The number of hydrogen-bond acceptors (Lipinski definition) is 5. The van der Waals surface area contributed by atoms with E-state index in [9.17, 15) is 0 Å². The van der Waals surface area contributed by atoms with Crippen LogP contribution in [0.4, 0.5) is 11.4 Å². The van der Waals surface area contributed by atoms with Crippen molar-refractivity contribution < 1.29 is 13.3 Å². The zero-order chi connectivity index (χ0) is 22.9. The molecule has 2 rings (SSSR count). The van der Waals surface area contributed by atoms with E-state index in [0.29, 0.717) is 0 Å². The van der Waals surface area contributed by atoms with Crippen LogP contribution in [0, 0.1) is 0 Å². The van der Waals surface area contributed by atoms with Gasteiger partial charge in [-0.1, -0.05) is 75.3 Å². The largest absolute Gasteiger partial charge is 0.500 e. The molecule has 0 heterocycles. The number of nitrogens with zero attached hydrogens (tertiary/aromatic N) is 2. The van der Waals surface area contributed by atoms with Gasteiger partial charge in [0.05, 0.1) is 11.4 Å². The number of benzene rings is 2. The Kier molecular flexibility index (Phi) is 13.1. The SMILES string of the molecule is CO[Si](CCCCCCCCCCCc1ccc(N=Nc2ccccc2)cc1)(OC)OC. The second-order valence-corrected chi connectivity index (χ2v) is 11.3. The maximum absolute atomic E-state index is 5.47. The molecule has 0 aliphatic rings. The Morgan fingerprint density at radius 2 is 1.03 bits per heavy atom. The fraction of sp³-hybridized carbons (Fsp3) is 0.538. The molecule has 0 saturated heterocycles. The van der Waals surface area contributed by atoms with Gasteiger partial charge in [0, 0.05) is 27.4 Å². The third-order valence-corrected chi connectivity index (χ3v) is 8.69. The number of azo groups is 1. The van der Waals surface area contributed by atoms with Gasteiger partial charge in [-0.25, -0.2) is 0 Å². The molecule has 6 heteroatoms. The van der Waals surface area contributed by atoms with E-state index in [2.05, 4.69) is 34.5 Å². The fourth-order valence-electron chi connectivity index (χ4n) is 3.80. The molecule has 0 aliphatic carbocycles. The van der Waals surface area contributed by atoms with Gasteiger partial charge in [-0.05, 0) is 49.1 Å². The molecule has 0 aliphatic heterocycles. The van der Waals surface area contributed by atoms with E-state index in [1.54, 1.807) is 21.3 Å². The summed E-state index contributed by atoms with van der Waals surface area (Å²) in [6.07, 6.45) is 12.7. The van der Waals surface area contributed by atoms with Crippen LogP contribution in [0.3, 0.4) is 0 Å². The quantitative estimate of drug-likeness (QED) is 0.137. The van der Waals surface area contributed by atoms with Crippen LogP contribution in [0.1, 0.15) is 63.4 Å². The first-order valence-corrected chi connectivity index (χ1v) is 13.9. The molecule has 32 heavy (non-hydrogen) atoms. The molecule has 0 bridgehead atoms. The highest BCUT2D eigenvalue weighted by Gasteiger charge is 2.36. The highest BCUT2D eigenvalue weighted by molar-refractivity contribution is 6.60. The second-order valence-electron chi connectivity index (χ2n) is 8.18. The van der Waals surface area contributed by atoms with Crippen LogP contribution in [-0.2, 0) is 19.7 Å². The van der Waals surface area contributed by atoms with Crippen molar-refractivity contribution in [3.8, 4) is 0 Å². The predicted octanol–water partition coefficient (Wildman–Crippen LogP) is 8.03. The first-order valence-electron chi connectivity index (χ1n) is 11.9. The van der Waals surface area contributed by atoms with Crippen LogP contribution >= 0.6 is 0 Å². The standard InChI is InChI=1S/C26H40N2O3Si/c1-29-32(30-2,31-3)23-15-10-8-6-4-5-7-9-12-16-24-19-21-26(22-20-24)28-27-25-17-13-11-14-18-25/h11,13-14,17-22H,4-10,12,15-16,23H2,1-3H3. The first kappa shape index (κ1) is 26.4. The summed E-state index contributed by atoms with van der Waals surface area (Å²) >= 11 is 0. The molecule has 0 unspecified atom stereocenters. The number of unbranched alkanes of at least 4 members (excludes halogenated alkanes) is 8. The molecule has 0 fully saturated rings. The third-order valence-electron chi connectivity index (χ3n) is 5.85. The summed E-state index contributed by atoms with van der Waals surface area (Å²) in [4.78, 5) is 0.